The number of benzene rings is 2. The number of nitrogens with one attached hydrogen (secondary N) is 2. The molecule has 0 amide bonds. The number of halogens is 1. The molecule has 0 saturated heterocycles. The van der Waals surface area contributed by atoms with Crippen LogP contribution in [0.15, 0.2) is 53.2 Å². The highest BCUT2D eigenvalue weighted by molar-refractivity contribution is 6.74. The van der Waals surface area contributed by atoms with Crippen LogP contribution < -0.4 is 10.5 Å². The van der Waals surface area contributed by atoms with E-state index in [1.54, 1.807) is 0 Å². The fourth-order valence-corrected chi connectivity index (χ4v) is 3.30. The zero-order chi connectivity index (χ0) is 16.2. The van der Waals surface area contributed by atoms with Crippen molar-refractivity contribution in [2.75, 3.05) is 16.3 Å². The van der Waals surface area contributed by atoms with Gasteiger partial charge in [0.1, 0.15) is 0 Å². The summed E-state index contributed by atoms with van der Waals surface area (Å²) in [6.07, 6.45) is 3.12. The third kappa shape index (κ3) is 3.58. The third-order valence-electron chi connectivity index (χ3n) is 4.09. The fraction of sp³-hybridized carbons (Fsp3) is 0.316. The summed E-state index contributed by atoms with van der Waals surface area (Å²) < 4.78 is 0. The van der Waals surface area contributed by atoms with E-state index in [1.807, 2.05) is 0 Å². The highest BCUT2D eigenvalue weighted by Gasteiger charge is 2.26. The summed E-state index contributed by atoms with van der Waals surface area (Å²) in [5, 5.41) is 9.80. The zero-order valence-corrected chi connectivity index (χ0v) is 14.5. The summed E-state index contributed by atoms with van der Waals surface area (Å²) in [6.45, 7) is 4.28. The number of hydrogen-bond acceptors (Lipinski definition) is 2. The molecule has 2 aromatic rings. The van der Waals surface area contributed by atoms with Crippen molar-refractivity contribution >= 4 is 40.7 Å². The van der Waals surface area contributed by atoms with Crippen molar-refractivity contribution in [3.63, 3.8) is 0 Å². The Morgan fingerprint density at radius 2 is 1.70 bits per heavy atom. The van der Waals surface area contributed by atoms with Crippen LogP contribution in [0.5, 0.6) is 0 Å². The Bertz CT molecular complexity index is 733. The van der Waals surface area contributed by atoms with Crippen molar-refractivity contribution in [3.8, 4) is 0 Å². The molecule has 3 rings (SSSR count). The van der Waals surface area contributed by atoms with E-state index in [0.29, 0.717) is 0 Å². The second-order valence-corrected chi connectivity index (χ2v) is 6.61. The molecule has 0 fully saturated rings. The summed E-state index contributed by atoms with van der Waals surface area (Å²) >= 11 is 5.83. The predicted molar refractivity (Wildman–Crippen MR) is 103 cm³/mol. The van der Waals surface area contributed by atoms with Crippen molar-refractivity contribution in [2.45, 2.75) is 33.1 Å². The first-order valence-corrected chi connectivity index (χ1v) is 8.76. The molecule has 2 aromatic carbocycles. The number of alkyl halides is 1. The van der Waals surface area contributed by atoms with E-state index in [2.05, 4.69) is 66.4 Å². The van der Waals surface area contributed by atoms with Gasteiger partial charge in [0.25, 0.3) is 0 Å². The lowest BCUT2D eigenvalue weighted by atomic mass is 9.63. The van der Waals surface area contributed by atoms with Gasteiger partial charge in [-0.3, -0.25) is 0 Å². The van der Waals surface area contributed by atoms with Crippen LogP contribution in [0.4, 0.5) is 11.4 Å². The van der Waals surface area contributed by atoms with Gasteiger partial charge < -0.3 is 10.5 Å². The Labute approximate surface area is 143 Å². The Morgan fingerprint density at radius 1 is 1.04 bits per heavy atom. The van der Waals surface area contributed by atoms with Crippen LogP contribution in [-0.4, -0.2) is 12.9 Å². The first kappa shape index (κ1) is 16.0. The van der Waals surface area contributed by atoms with Gasteiger partial charge in [-0.15, -0.1) is 17.3 Å². The SMILES string of the molecule is CC(C)=C=C(CCCCCl)B1Nc2cccc3cccc(c23)N1. The molecule has 1 aliphatic rings. The van der Waals surface area contributed by atoms with Gasteiger partial charge >= 0.3 is 6.98 Å². The minimum atomic E-state index is 0.0840. The Morgan fingerprint density at radius 3 is 2.26 bits per heavy atom. The number of allylic oxidation sites excluding steroid dienone is 1. The molecule has 2 nitrogen and oxygen atoms in total. The largest absolute Gasteiger partial charge is 0.409 e. The lowest BCUT2D eigenvalue weighted by Gasteiger charge is -2.27. The summed E-state index contributed by atoms with van der Waals surface area (Å²) in [7, 11) is 0. The first-order valence-electron chi connectivity index (χ1n) is 8.22. The molecular weight excluding hydrogens is 302 g/mol. The molecule has 0 aliphatic carbocycles. The van der Waals surface area contributed by atoms with E-state index in [4.69, 9.17) is 11.6 Å². The van der Waals surface area contributed by atoms with E-state index in [0.717, 1.165) is 25.1 Å². The predicted octanol–water partition coefficient (Wildman–Crippen LogP) is 5.61. The minimum absolute atomic E-state index is 0.0840. The third-order valence-corrected chi connectivity index (χ3v) is 4.36. The van der Waals surface area contributed by atoms with Gasteiger partial charge in [-0.25, -0.2) is 0 Å². The van der Waals surface area contributed by atoms with E-state index < -0.39 is 0 Å². The summed E-state index contributed by atoms with van der Waals surface area (Å²) in [5.41, 5.74) is 8.38. The van der Waals surface area contributed by atoms with Crippen LogP contribution in [0.25, 0.3) is 10.8 Å². The molecule has 4 heteroatoms. The van der Waals surface area contributed by atoms with E-state index in [-0.39, 0.29) is 6.98 Å². The molecule has 0 saturated carbocycles. The molecule has 1 aliphatic heterocycles. The molecule has 0 radical (unpaired) electrons. The second kappa shape index (κ2) is 7.17. The van der Waals surface area contributed by atoms with Crippen LogP contribution in [0.1, 0.15) is 33.1 Å². The maximum atomic E-state index is 5.83. The quantitative estimate of drug-likeness (QED) is 0.323. The summed E-state index contributed by atoms with van der Waals surface area (Å²) in [4.78, 5) is 0. The molecule has 118 valence electrons. The molecular formula is C19H22BClN2. The van der Waals surface area contributed by atoms with Crippen molar-refractivity contribution in [2.24, 2.45) is 0 Å². The molecule has 0 unspecified atom stereocenters. The smallest absolute Gasteiger partial charge is 0.405 e. The van der Waals surface area contributed by atoms with Crippen molar-refractivity contribution in [1.82, 2.24) is 0 Å². The first-order chi connectivity index (χ1) is 11.2. The second-order valence-electron chi connectivity index (χ2n) is 6.23. The van der Waals surface area contributed by atoms with Crippen LogP contribution in [0, 0.1) is 0 Å². The molecule has 23 heavy (non-hydrogen) atoms. The Balaban J connectivity index is 1.94. The lowest BCUT2D eigenvalue weighted by Crippen LogP contribution is -2.39. The lowest BCUT2D eigenvalue weighted by molar-refractivity contribution is 0.810. The standard InChI is InChI=1S/C19H22BClN2/c1-14(2)13-16(9-3-4-12-21)20-22-17-10-5-7-15-8-6-11-18(23-20)19(15)17/h5-8,10-11,22-23H,3-4,9,12H2,1-2H3. The van der Waals surface area contributed by atoms with Gasteiger partial charge in [0.2, 0.25) is 0 Å². The fourth-order valence-electron chi connectivity index (χ4n) is 3.11. The average Bonchev–Trinajstić information content (AvgIpc) is 2.54. The summed E-state index contributed by atoms with van der Waals surface area (Å²) in [5.74, 6) is 0.718. The Hall–Kier alpha value is -1.83. The van der Waals surface area contributed by atoms with Crippen LogP contribution in [-0.2, 0) is 0 Å². The van der Waals surface area contributed by atoms with Crippen molar-refractivity contribution in [3.05, 3.63) is 53.2 Å². The number of unbranched alkanes of at least 4 members (excludes halogenated alkanes) is 1. The van der Waals surface area contributed by atoms with Gasteiger partial charge in [-0.1, -0.05) is 24.3 Å². The van der Waals surface area contributed by atoms with E-state index in [9.17, 15) is 0 Å². The highest BCUT2D eigenvalue weighted by atomic mass is 35.5. The number of rotatable bonds is 5. The minimum Gasteiger partial charge on any atom is -0.405 e. The molecule has 0 spiro atoms. The number of anilines is 2. The Kier molecular flexibility index (Phi) is 5.00. The normalized spacial score (nSPS) is 12.4. The van der Waals surface area contributed by atoms with Crippen LogP contribution in [0.3, 0.4) is 0 Å². The van der Waals surface area contributed by atoms with E-state index in [1.165, 1.54) is 33.2 Å². The van der Waals surface area contributed by atoms with Gasteiger partial charge in [-0.05, 0) is 61.7 Å². The maximum Gasteiger partial charge on any atom is 0.409 e. The van der Waals surface area contributed by atoms with Crippen LogP contribution in [0.2, 0.25) is 0 Å². The monoisotopic (exact) mass is 324 g/mol. The van der Waals surface area contributed by atoms with Crippen molar-refractivity contribution in [1.29, 1.82) is 0 Å². The molecule has 2 N–H and O–H groups in total. The maximum absolute atomic E-state index is 5.83. The van der Waals surface area contributed by atoms with Gasteiger partial charge in [0, 0.05) is 22.6 Å². The molecule has 1 heterocycles. The van der Waals surface area contributed by atoms with Gasteiger partial charge in [0.15, 0.2) is 0 Å². The number of hydrogen-bond donors (Lipinski definition) is 2. The van der Waals surface area contributed by atoms with Crippen LogP contribution >= 0.6 is 11.6 Å². The van der Waals surface area contributed by atoms with E-state index >= 15 is 0 Å². The zero-order valence-electron chi connectivity index (χ0n) is 13.7. The molecule has 0 aromatic heterocycles. The molecule has 0 bridgehead atoms. The van der Waals surface area contributed by atoms with Gasteiger partial charge in [-0.2, -0.15) is 0 Å². The average molecular weight is 325 g/mol. The van der Waals surface area contributed by atoms with Crippen molar-refractivity contribution < 1.29 is 0 Å². The summed E-state index contributed by atoms with van der Waals surface area (Å²) in [6, 6.07) is 12.8. The van der Waals surface area contributed by atoms with Gasteiger partial charge in [0.05, 0.1) is 0 Å². The topological polar surface area (TPSA) is 24.1 Å². The molecule has 0 atom stereocenters. The highest BCUT2D eigenvalue weighted by Crippen LogP contribution is 2.35.